The van der Waals surface area contributed by atoms with Crippen molar-refractivity contribution in [1.29, 1.82) is 0 Å². The fourth-order valence-corrected chi connectivity index (χ4v) is 4.59. The van der Waals surface area contributed by atoms with Gasteiger partial charge in [0.05, 0.1) is 23.6 Å². The number of unbranched alkanes of at least 4 members (excludes halogenated alkanes) is 3. The fourth-order valence-electron chi connectivity index (χ4n) is 4.59. The van der Waals surface area contributed by atoms with Crippen LogP contribution in [0.2, 0.25) is 0 Å². The Morgan fingerprint density at radius 1 is 1.00 bits per heavy atom. The first-order valence-corrected chi connectivity index (χ1v) is 12.1. The highest BCUT2D eigenvalue weighted by molar-refractivity contribution is 6.10. The molecular formula is C29H28N2O4. The molecule has 35 heavy (non-hydrogen) atoms. The zero-order chi connectivity index (χ0) is 24.4. The molecule has 6 heteroatoms. The molecule has 2 aromatic carbocycles. The zero-order valence-corrected chi connectivity index (χ0v) is 20.0. The standard InChI is InChI=1S/C29H28N2O4/c1-3-4-5-8-17-34-21-13-11-20(12-14-21)26-25-27(32)22-9-6-7-10-23(22)35-28(25)29(33)31(26)24-18-19(2)15-16-30-24/h6-7,9-16,18,26H,3-5,8,17H2,1-2H3/t26-/m0/s1. The van der Waals surface area contributed by atoms with Crippen LogP contribution in [-0.4, -0.2) is 17.5 Å². The van der Waals surface area contributed by atoms with E-state index >= 15 is 0 Å². The van der Waals surface area contributed by atoms with Crippen LogP contribution in [0.5, 0.6) is 5.75 Å². The van der Waals surface area contributed by atoms with E-state index in [9.17, 15) is 9.59 Å². The van der Waals surface area contributed by atoms with Crippen LogP contribution in [0.4, 0.5) is 5.82 Å². The fraction of sp³-hybridized carbons (Fsp3) is 0.276. The summed E-state index contributed by atoms with van der Waals surface area (Å²) in [5.74, 6) is 0.937. The predicted molar refractivity (Wildman–Crippen MR) is 136 cm³/mol. The quantitative estimate of drug-likeness (QED) is 0.288. The lowest BCUT2D eigenvalue weighted by Crippen LogP contribution is -2.30. The Kier molecular flexibility index (Phi) is 6.36. The molecule has 1 aliphatic heterocycles. The number of nitrogens with zero attached hydrogens (tertiary/aromatic N) is 2. The molecule has 178 valence electrons. The van der Waals surface area contributed by atoms with E-state index in [0.29, 0.717) is 29.0 Å². The van der Waals surface area contributed by atoms with E-state index in [0.717, 1.165) is 29.7 Å². The van der Waals surface area contributed by atoms with Crippen molar-refractivity contribution in [2.24, 2.45) is 0 Å². The number of anilines is 1. The Hall–Kier alpha value is -3.93. The summed E-state index contributed by atoms with van der Waals surface area (Å²) < 4.78 is 11.9. The van der Waals surface area contributed by atoms with Crippen LogP contribution in [-0.2, 0) is 0 Å². The molecule has 2 aromatic heterocycles. The largest absolute Gasteiger partial charge is 0.494 e. The van der Waals surface area contributed by atoms with Crippen LogP contribution in [0.15, 0.2) is 76.1 Å². The number of benzene rings is 2. The Morgan fingerprint density at radius 3 is 2.57 bits per heavy atom. The van der Waals surface area contributed by atoms with Gasteiger partial charge in [-0.2, -0.15) is 0 Å². The Morgan fingerprint density at radius 2 is 1.80 bits per heavy atom. The molecule has 0 spiro atoms. The Balaban J connectivity index is 1.56. The van der Waals surface area contributed by atoms with Crippen LogP contribution in [0.1, 0.15) is 65.9 Å². The number of pyridine rings is 1. The molecule has 0 unspecified atom stereocenters. The third-order valence-electron chi connectivity index (χ3n) is 6.39. The minimum Gasteiger partial charge on any atom is -0.494 e. The SMILES string of the molecule is CCCCCCOc1ccc([C@H]2c3c(oc4ccccc4c3=O)C(=O)N2c2cc(C)ccn2)cc1. The minimum atomic E-state index is -0.647. The summed E-state index contributed by atoms with van der Waals surface area (Å²) in [5.41, 5.74) is 2.29. The molecule has 1 aliphatic rings. The number of ether oxygens (including phenoxy) is 1. The van der Waals surface area contributed by atoms with E-state index in [-0.39, 0.29) is 17.1 Å². The maximum Gasteiger partial charge on any atom is 0.296 e. The number of para-hydroxylation sites is 1. The second-order valence-electron chi connectivity index (χ2n) is 8.92. The lowest BCUT2D eigenvalue weighted by molar-refractivity contribution is 0.0970. The molecule has 0 aliphatic carbocycles. The van der Waals surface area contributed by atoms with Crippen molar-refractivity contribution in [3.05, 3.63) is 99.5 Å². The molecule has 1 atom stereocenters. The third-order valence-corrected chi connectivity index (χ3v) is 6.39. The Labute approximate surface area is 204 Å². The average Bonchev–Trinajstić information content (AvgIpc) is 3.17. The number of aromatic nitrogens is 1. The van der Waals surface area contributed by atoms with Crippen molar-refractivity contribution in [2.45, 2.75) is 45.6 Å². The first-order valence-electron chi connectivity index (χ1n) is 12.1. The summed E-state index contributed by atoms with van der Waals surface area (Å²) >= 11 is 0. The number of amides is 1. The van der Waals surface area contributed by atoms with E-state index in [1.54, 1.807) is 35.4 Å². The smallest absolute Gasteiger partial charge is 0.296 e. The molecule has 0 bridgehead atoms. The van der Waals surface area contributed by atoms with Gasteiger partial charge in [0, 0.05) is 6.20 Å². The molecule has 4 aromatic rings. The van der Waals surface area contributed by atoms with Crippen LogP contribution < -0.4 is 15.1 Å². The summed E-state index contributed by atoms with van der Waals surface area (Å²) in [6.07, 6.45) is 6.22. The van der Waals surface area contributed by atoms with Gasteiger partial charge >= 0.3 is 0 Å². The molecule has 5 rings (SSSR count). The van der Waals surface area contributed by atoms with Crippen LogP contribution in [0, 0.1) is 6.92 Å². The summed E-state index contributed by atoms with van der Waals surface area (Å²) in [6, 6.07) is 17.7. The summed E-state index contributed by atoms with van der Waals surface area (Å²) in [6.45, 7) is 4.79. The molecule has 1 amide bonds. The molecule has 0 radical (unpaired) electrons. The van der Waals surface area contributed by atoms with Gasteiger partial charge in [-0.25, -0.2) is 4.98 Å². The second kappa shape index (κ2) is 9.74. The van der Waals surface area contributed by atoms with Gasteiger partial charge in [-0.3, -0.25) is 14.5 Å². The lowest BCUT2D eigenvalue weighted by atomic mass is 9.98. The molecule has 0 saturated carbocycles. The molecular weight excluding hydrogens is 440 g/mol. The van der Waals surface area contributed by atoms with Crippen LogP contribution in [0.25, 0.3) is 11.0 Å². The van der Waals surface area contributed by atoms with Gasteiger partial charge in [-0.1, -0.05) is 50.5 Å². The van der Waals surface area contributed by atoms with Gasteiger partial charge in [0.2, 0.25) is 5.76 Å². The third kappa shape index (κ3) is 4.32. The number of aryl methyl sites for hydroxylation is 1. The topological polar surface area (TPSA) is 72.6 Å². The van der Waals surface area contributed by atoms with Crippen LogP contribution in [0.3, 0.4) is 0 Å². The first-order chi connectivity index (χ1) is 17.1. The van der Waals surface area contributed by atoms with E-state index in [1.165, 1.54) is 12.8 Å². The normalized spacial score (nSPS) is 15.0. The average molecular weight is 469 g/mol. The number of rotatable bonds is 8. The second-order valence-corrected chi connectivity index (χ2v) is 8.92. The zero-order valence-electron chi connectivity index (χ0n) is 20.0. The monoisotopic (exact) mass is 468 g/mol. The van der Waals surface area contributed by atoms with Gasteiger partial charge in [0.1, 0.15) is 17.2 Å². The maximum absolute atomic E-state index is 13.6. The van der Waals surface area contributed by atoms with E-state index in [2.05, 4.69) is 11.9 Å². The minimum absolute atomic E-state index is 0.0678. The molecule has 0 fully saturated rings. The number of hydrogen-bond donors (Lipinski definition) is 0. The number of carbonyl (C=O) groups excluding carboxylic acids is 1. The van der Waals surface area contributed by atoms with Gasteiger partial charge < -0.3 is 9.15 Å². The van der Waals surface area contributed by atoms with Gasteiger partial charge in [0.15, 0.2) is 5.43 Å². The number of carbonyl (C=O) groups is 1. The van der Waals surface area contributed by atoms with Crippen molar-refractivity contribution in [2.75, 3.05) is 11.5 Å². The molecule has 3 heterocycles. The summed E-state index contributed by atoms with van der Waals surface area (Å²) in [4.78, 5) is 33.2. The van der Waals surface area contributed by atoms with E-state index < -0.39 is 6.04 Å². The number of fused-ring (bicyclic) bond motifs is 2. The highest BCUT2D eigenvalue weighted by Crippen LogP contribution is 2.41. The molecule has 0 N–H and O–H groups in total. The Bertz CT molecular complexity index is 1430. The molecule has 6 nitrogen and oxygen atoms in total. The summed E-state index contributed by atoms with van der Waals surface area (Å²) in [5, 5.41) is 0.454. The van der Waals surface area contributed by atoms with Gasteiger partial charge in [-0.05, 0) is 60.9 Å². The van der Waals surface area contributed by atoms with Gasteiger partial charge in [-0.15, -0.1) is 0 Å². The van der Waals surface area contributed by atoms with Crippen molar-refractivity contribution in [1.82, 2.24) is 4.98 Å². The highest BCUT2D eigenvalue weighted by Gasteiger charge is 2.44. The van der Waals surface area contributed by atoms with Crippen molar-refractivity contribution in [3.8, 4) is 5.75 Å². The first kappa shape index (κ1) is 22.8. The summed E-state index contributed by atoms with van der Waals surface area (Å²) in [7, 11) is 0. The lowest BCUT2D eigenvalue weighted by Gasteiger charge is -2.24. The van der Waals surface area contributed by atoms with Gasteiger partial charge in [0.25, 0.3) is 5.91 Å². The number of hydrogen-bond acceptors (Lipinski definition) is 5. The van der Waals surface area contributed by atoms with E-state index in [1.807, 2.05) is 43.3 Å². The van der Waals surface area contributed by atoms with Crippen molar-refractivity contribution < 1.29 is 13.9 Å². The van der Waals surface area contributed by atoms with Crippen LogP contribution >= 0.6 is 0 Å². The predicted octanol–water partition coefficient (Wildman–Crippen LogP) is 6.21. The maximum atomic E-state index is 13.6. The van der Waals surface area contributed by atoms with Crippen molar-refractivity contribution >= 4 is 22.7 Å². The highest BCUT2D eigenvalue weighted by atomic mass is 16.5. The van der Waals surface area contributed by atoms with Crippen molar-refractivity contribution in [3.63, 3.8) is 0 Å². The molecule has 0 saturated heterocycles. The van der Waals surface area contributed by atoms with E-state index in [4.69, 9.17) is 9.15 Å².